The van der Waals surface area contributed by atoms with Crippen LogP contribution in [-0.4, -0.2) is 62.5 Å². The predicted molar refractivity (Wildman–Crippen MR) is 109 cm³/mol. The Kier molecular flexibility index (Phi) is 4.63. The van der Waals surface area contributed by atoms with Gasteiger partial charge in [0.2, 0.25) is 0 Å². The van der Waals surface area contributed by atoms with Crippen LogP contribution in [0.2, 0.25) is 0 Å². The number of aliphatic hydroxyl groups is 4. The molecule has 170 valence electrons. The zero-order valence-electron chi connectivity index (χ0n) is 17.9. The Bertz CT molecular complexity index is 866. The van der Waals surface area contributed by atoms with Gasteiger partial charge in [0.1, 0.15) is 19.0 Å². The van der Waals surface area contributed by atoms with Gasteiger partial charge in [0.25, 0.3) is 0 Å². The topological polar surface area (TPSA) is 124 Å². The van der Waals surface area contributed by atoms with E-state index in [1.165, 1.54) is 0 Å². The molecule has 1 aliphatic heterocycles. The normalized spacial score (nSPS) is 53.6. The SMILES string of the molecule is C[C@]12C(=O)[C@@H](O)[C@H]3[C@@H](CC[C@]4(O)C[C@@H](O)CC[C@]34C=O)[C@@]1(O)CC[C@@H]2C1=COCC=C1. The van der Waals surface area contributed by atoms with Crippen molar-refractivity contribution in [2.45, 2.75) is 75.3 Å². The molecule has 0 radical (unpaired) electrons. The van der Waals surface area contributed by atoms with Crippen LogP contribution in [0.15, 0.2) is 24.0 Å². The van der Waals surface area contributed by atoms with Crippen molar-refractivity contribution in [2.75, 3.05) is 6.61 Å². The third-order valence-corrected chi connectivity index (χ3v) is 9.71. The van der Waals surface area contributed by atoms with E-state index in [0.29, 0.717) is 38.6 Å². The van der Waals surface area contributed by atoms with Crippen molar-refractivity contribution in [1.29, 1.82) is 0 Å². The van der Waals surface area contributed by atoms with E-state index in [-0.39, 0.29) is 25.2 Å². The number of aliphatic hydroxyl groups excluding tert-OH is 2. The van der Waals surface area contributed by atoms with Gasteiger partial charge >= 0.3 is 0 Å². The van der Waals surface area contributed by atoms with Crippen LogP contribution in [0.3, 0.4) is 0 Å². The van der Waals surface area contributed by atoms with Crippen molar-refractivity contribution in [3.63, 3.8) is 0 Å². The van der Waals surface area contributed by atoms with Crippen LogP contribution in [0.1, 0.15) is 51.9 Å². The summed E-state index contributed by atoms with van der Waals surface area (Å²) in [5, 5.41) is 45.1. The molecule has 9 atom stereocenters. The van der Waals surface area contributed by atoms with Crippen LogP contribution in [0.5, 0.6) is 0 Å². The zero-order chi connectivity index (χ0) is 22.2. The van der Waals surface area contributed by atoms with E-state index in [1.807, 2.05) is 12.2 Å². The molecule has 31 heavy (non-hydrogen) atoms. The molecule has 0 spiro atoms. The van der Waals surface area contributed by atoms with Crippen molar-refractivity contribution in [3.05, 3.63) is 24.0 Å². The fourth-order valence-corrected chi connectivity index (χ4v) is 8.11. The summed E-state index contributed by atoms with van der Waals surface area (Å²) in [7, 11) is 0. The number of carbonyl (C=O) groups is 2. The minimum Gasteiger partial charge on any atom is -0.497 e. The van der Waals surface area contributed by atoms with Gasteiger partial charge in [0, 0.05) is 18.3 Å². The molecule has 0 aromatic carbocycles. The van der Waals surface area contributed by atoms with Crippen LogP contribution in [-0.2, 0) is 14.3 Å². The summed E-state index contributed by atoms with van der Waals surface area (Å²) < 4.78 is 5.44. The number of hydrogen-bond donors (Lipinski definition) is 4. The Morgan fingerprint density at radius 1 is 1.13 bits per heavy atom. The van der Waals surface area contributed by atoms with E-state index in [1.54, 1.807) is 13.2 Å². The lowest BCUT2D eigenvalue weighted by atomic mass is 9.40. The summed E-state index contributed by atoms with van der Waals surface area (Å²) in [5.41, 5.74) is -4.61. The number of carbonyl (C=O) groups excluding carboxylic acids is 2. The van der Waals surface area contributed by atoms with Crippen LogP contribution < -0.4 is 0 Å². The lowest BCUT2D eigenvalue weighted by Gasteiger charge is -2.65. The first-order valence-corrected chi connectivity index (χ1v) is 11.4. The fraction of sp³-hybridized carbons (Fsp3) is 0.750. The summed E-state index contributed by atoms with van der Waals surface area (Å²) in [6, 6.07) is 0. The number of aldehydes is 1. The van der Waals surface area contributed by atoms with E-state index in [0.717, 1.165) is 5.57 Å². The van der Waals surface area contributed by atoms with Gasteiger partial charge in [0.15, 0.2) is 5.78 Å². The van der Waals surface area contributed by atoms with Gasteiger partial charge in [-0.15, -0.1) is 0 Å². The number of rotatable bonds is 2. The molecule has 7 nitrogen and oxygen atoms in total. The molecule has 1 heterocycles. The second kappa shape index (κ2) is 6.73. The maximum absolute atomic E-state index is 13.8. The molecule has 0 unspecified atom stereocenters. The minimum absolute atomic E-state index is 0.0449. The maximum Gasteiger partial charge on any atom is 0.170 e. The Morgan fingerprint density at radius 3 is 2.58 bits per heavy atom. The Morgan fingerprint density at radius 2 is 1.90 bits per heavy atom. The van der Waals surface area contributed by atoms with Gasteiger partial charge in [-0.05, 0) is 63.0 Å². The lowest BCUT2D eigenvalue weighted by molar-refractivity contribution is -0.259. The molecule has 5 aliphatic rings. The standard InChI is InChI=1S/C24H32O7/c1-21-16(14-3-2-10-31-12-14)6-9-24(21,30)17-5-8-23(29)11-15(26)4-7-22(23,13-25)18(17)19(27)20(21)28/h2-3,12-13,15-19,26-27,29-30H,4-11H2,1H3/t15-,16+,17+,18+,19-,21-,22-,23-,24-/m0/s1. The van der Waals surface area contributed by atoms with Crippen molar-refractivity contribution < 1.29 is 34.8 Å². The van der Waals surface area contributed by atoms with E-state index in [2.05, 4.69) is 0 Å². The molecule has 4 fully saturated rings. The molecule has 0 amide bonds. The third kappa shape index (κ3) is 2.44. The van der Waals surface area contributed by atoms with Crippen molar-refractivity contribution in [1.82, 2.24) is 0 Å². The number of hydrogen-bond acceptors (Lipinski definition) is 7. The summed E-state index contributed by atoms with van der Waals surface area (Å²) in [4.78, 5) is 26.3. The molecule has 7 heteroatoms. The third-order valence-electron chi connectivity index (χ3n) is 9.71. The van der Waals surface area contributed by atoms with E-state index < -0.39 is 51.9 Å². The summed E-state index contributed by atoms with van der Waals surface area (Å²) in [6.07, 6.45) is 6.10. The van der Waals surface area contributed by atoms with Gasteiger partial charge in [-0.2, -0.15) is 0 Å². The number of Topliss-reactive ketones (excluding diaryl/α,β-unsaturated/α-hetero) is 1. The first-order chi connectivity index (χ1) is 14.6. The van der Waals surface area contributed by atoms with Crippen LogP contribution >= 0.6 is 0 Å². The Labute approximate surface area is 181 Å². The van der Waals surface area contributed by atoms with E-state index in [9.17, 15) is 30.0 Å². The van der Waals surface area contributed by atoms with Gasteiger partial charge in [-0.25, -0.2) is 0 Å². The number of ketones is 1. The van der Waals surface area contributed by atoms with Crippen molar-refractivity contribution in [2.24, 2.45) is 28.6 Å². The largest absolute Gasteiger partial charge is 0.497 e. The quantitative estimate of drug-likeness (QED) is 0.481. The first-order valence-electron chi connectivity index (χ1n) is 11.4. The molecule has 4 saturated carbocycles. The second-order valence-electron chi connectivity index (χ2n) is 10.6. The van der Waals surface area contributed by atoms with Gasteiger partial charge < -0.3 is 30.0 Å². The van der Waals surface area contributed by atoms with Gasteiger partial charge in [0.05, 0.1) is 34.4 Å². The summed E-state index contributed by atoms with van der Waals surface area (Å²) in [5.74, 6) is -2.12. The Hall–Kier alpha value is -1.54. The monoisotopic (exact) mass is 432 g/mol. The first kappa shape index (κ1) is 21.3. The maximum atomic E-state index is 13.8. The van der Waals surface area contributed by atoms with E-state index in [4.69, 9.17) is 4.74 Å². The fourth-order valence-electron chi connectivity index (χ4n) is 8.11. The smallest absolute Gasteiger partial charge is 0.170 e. The summed E-state index contributed by atoms with van der Waals surface area (Å²) >= 11 is 0. The molecule has 4 aliphatic carbocycles. The van der Waals surface area contributed by atoms with Crippen LogP contribution in [0, 0.1) is 28.6 Å². The molecular formula is C24H32O7. The highest BCUT2D eigenvalue weighted by molar-refractivity contribution is 5.93. The highest BCUT2D eigenvalue weighted by Crippen LogP contribution is 2.69. The predicted octanol–water partition coefficient (Wildman–Crippen LogP) is 1.04. The van der Waals surface area contributed by atoms with Crippen molar-refractivity contribution >= 4 is 12.1 Å². The molecule has 0 saturated heterocycles. The van der Waals surface area contributed by atoms with Crippen LogP contribution in [0.4, 0.5) is 0 Å². The molecule has 4 N–H and O–H groups in total. The average Bonchev–Trinajstić information content (AvgIpc) is 3.04. The summed E-state index contributed by atoms with van der Waals surface area (Å²) in [6.45, 7) is 2.21. The number of fused-ring (bicyclic) bond motifs is 5. The van der Waals surface area contributed by atoms with Gasteiger partial charge in [-0.1, -0.05) is 6.08 Å². The average molecular weight is 433 g/mol. The highest BCUT2D eigenvalue weighted by atomic mass is 16.5. The molecule has 0 bridgehead atoms. The number of ether oxygens (including phenoxy) is 1. The molecule has 0 aromatic rings. The molecule has 5 rings (SSSR count). The Balaban J connectivity index is 1.61. The molecular weight excluding hydrogens is 400 g/mol. The van der Waals surface area contributed by atoms with Crippen LogP contribution in [0.25, 0.3) is 0 Å². The van der Waals surface area contributed by atoms with Crippen molar-refractivity contribution in [3.8, 4) is 0 Å². The zero-order valence-corrected chi connectivity index (χ0v) is 17.9. The number of allylic oxidation sites excluding steroid dienone is 2. The minimum atomic E-state index is -1.49. The van der Waals surface area contributed by atoms with E-state index >= 15 is 0 Å². The lowest BCUT2D eigenvalue weighted by Crippen LogP contribution is -2.74. The highest BCUT2D eigenvalue weighted by Gasteiger charge is 2.76. The van der Waals surface area contributed by atoms with Gasteiger partial charge in [-0.3, -0.25) is 4.79 Å². The molecule has 0 aromatic heterocycles. The second-order valence-corrected chi connectivity index (χ2v) is 10.6.